The number of nitrogens with zero attached hydrogens (tertiary/aromatic N) is 1. The third-order valence-electron chi connectivity index (χ3n) is 15.3. The molecule has 0 fully saturated rings. The standard InChI is InChI=1S/C73H133N2O6P/c1-6-8-10-12-14-16-18-20-22-24-26-28-29-30-31-32-33-34-35-36-37-38-39-40-41-42-43-44-45-47-49-51-53-55-57-59-61-63-65-67-73(77)74-71(70-81-82(78,79)80-69-68-75(3,4)5)72(76)66-64-62-60-58-56-54-52-50-48-46-27-25-23-21-19-17-15-13-11-9-7-2/h8,10,14,16,20,22,26,28,30-31,33-34,56,58,64,66,71-72,76H,6-7,9,11-13,15,17-19,21,23-25,27,29,32,35-55,57,59-63,65,67-70H2,1-5H3,(H-,74,77,78,79)/p+1/b10-8-,16-14-,22-20-,28-26-,31-30-,34-33-,58-56+,66-64+. The number of quaternary nitrogens is 1. The van der Waals surface area contributed by atoms with Crippen LogP contribution in [-0.4, -0.2) is 73.4 Å². The molecule has 3 atom stereocenters. The Morgan fingerprint density at radius 1 is 0.427 bits per heavy atom. The molecular weight excluding hydrogens is 1030 g/mol. The first-order chi connectivity index (χ1) is 40.0. The van der Waals surface area contributed by atoms with Crippen molar-refractivity contribution < 1.29 is 32.9 Å². The van der Waals surface area contributed by atoms with Gasteiger partial charge in [0, 0.05) is 6.42 Å². The van der Waals surface area contributed by atoms with Gasteiger partial charge in [-0.15, -0.1) is 0 Å². The molecule has 0 saturated heterocycles. The molecule has 0 aliphatic carbocycles. The van der Waals surface area contributed by atoms with Crippen molar-refractivity contribution >= 4 is 13.7 Å². The highest BCUT2D eigenvalue weighted by Gasteiger charge is 2.28. The van der Waals surface area contributed by atoms with Gasteiger partial charge in [-0.25, -0.2) is 4.57 Å². The number of allylic oxidation sites excluding steroid dienone is 15. The average Bonchev–Trinajstić information content (AvgIpc) is 3.46. The van der Waals surface area contributed by atoms with E-state index in [1.165, 1.54) is 212 Å². The Kier molecular flexibility index (Phi) is 61.0. The monoisotopic (exact) mass is 1170 g/mol. The van der Waals surface area contributed by atoms with E-state index in [1.54, 1.807) is 6.08 Å². The van der Waals surface area contributed by atoms with Gasteiger partial charge in [-0.2, -0.15) is 0 Å². The maximum absolute atomic E-state index is 13.0. The van der Waals surface area contributed by atoms with Gasteiger partial charge in [-0.3, -0.25) is 13.8 Å². The van der Waals surface area contributed by atoms with E-state index in [9.17, 15) is 19.4 Å². The largest absolute Gasteiger partial charge is 0.472 e. The minimum absolute atomic E-state index is 0.0549. The molecule has 0 aromatic rings. The third kappa shape index (κ3) is 65.0. The number of phosphoric ester groups is 1. The van der Waals surface area contributed by atoms with Crippen LogP contribution in [0.4, 0.5) is 0 Å². The molecule has 8 nitrogen and oxygen atoms in total. The minimum Gasteiger partial charge on any atom is -0.387 e. The van der Waals surface area contributed by atoms with E-state index in [0.29, 0.717) is 17.4 Å². The zero-order valence-electron chi connectivity index (χ0n) is 54.5. The van der Waals surface area contributed by atoms with Gasteiger partial charge >= 0.3 is 7.82 Å². The van der Waals surface area contributed by atoms with Gasteiger partial charge in [0.15, 0.2) is 0 Å². The van der Waals surface area contributed by atoms with E-state index in [2.05, 4.69) is 104 Å². The fourth-order valence-corrected chi connectivity index (χ4v) is 10.7. The van der Waals surface area contributed by atoms with Gasteiger partial charge in [0.2, 0.25) is 5.91 Å². The number of phosphoric acid groups is 1. The molecule has 476 valence electrons. The van der Waals surface area contributed by atoms with Gasteiger partial charge in [-0.05, 0) is 83.5 Å². The number of aliphatic hydroxyl groups excluding tert-OH is 1. The van der Waals surface area contributed by atoms with Crippen LogP contribution in [0.3, 0.4) is 0 Å². The van der Waals surface area contributed by atoms with Gasteiger partial charge in [-0.1, -0.05) is 317 Å². The molecule has 0 saturated carbocycles. The minimum atomic E-state index is -4.36. The Morgan fingerprint density at radius 2 is 0.744 bits per heavy atom. The van der Waals surface area contributed by atoms with E-state index in [0.717, 1.165) is 77.0 Å². The highest BCUT2D eigenvalue weighted by Crippen LogP contribution is 2.43. The number of carbonyl (C=O) groups is 1. The van der Waals surface area contributed by atoms with E-state index in [1.807, 2.05) is 27.2 Å². The number of nitrogens with one attached hydrogen (secondary N) is 1. The molecular formula is C73H134N2O6P+. The van der Waals surface area contributed by atoms with Gasteiger partial charge in [0.05, 0.1) is 39.9 Å². The Hall–Kier alpha value is -2.58. The van der Waals surface area contributed by atoms with Crippen LogP contribution in [0.2, 0.25) is 0 Å². The fourth-order valence-electron chi connectivity index (χ4n) is 9.95. The number of amides is 1. The molecule has 0 aliphatic heterocycles. The maximum Gasteiger partial charge on any atom is 0.472 e. The first kappa shape index (κ1) is 79.4. The van der Waals surface area contributed by atoms with Crippen LogP contribution in [0.25, 0.3) is 0 Å². The van der Waals surface area contributed by atoms with Crippen molar-refractivity contribution in [3.8, 4) is 0 Å². The summed E-state index contributed by atoms with van der Waals surface area (Å²) in [4.78, 5) is 23.4. The van der Waals surface area contributed by atoms with Gasteiger partial charge < -0.3 is 19.8 Å². The number of likely N-dealkylation sites (N-methyl/N-ethyl adjacent to an activating group) is 1. The molecule has 3 unspecified atom stereocenters. The molecule has 0 bridgehead atoms. The fraction of sp³-hybridized carbons (Fsp3) is 0.767. The Morgan fingerprint density at radius 3 is 1.12 bits per heavy atom. The number of aliphatic hydroxyl groups is 1. The van der Waals surface area contributed by atoms with Crippen LogP contribution < -0.4 is 5.32 Å². The van der Waals surface area contributed by atoms with E-state index >= 15 is 0 Å². The van der Waals surface area contributed by atoms with Crippen molar-refractivity contribution in [3.63, 3.8) is 0 Å². The van der Waals surface area contributed by atoms with Crippen molar-refractivity contribution in [3.05, 3.63) is 97.2 Å². The number of carbonyl (C=O) groups excluding carboxylic acids is 1. The first-order valence-electron chi connectivity index (χ1n) is 34.6. The molecule has 0 spiro atoms. The highest BCUT2D eigenvalue weighted by atomic mass is 31.2. The molecule has 9 heteroatoms. The van der Waals surface area contributed by atoms with Crippen LogP contribution in [0.5, 0.6) is 0 Å². The summed E-state index contributed by atoms with van der Waals surface area (Å²) in [7, 11) is 1.56. The molecule has 0 rings (SSSR count). The van der Waals surface area contributed by atoms with Crippen LogP contribution in [0, 0.1) is 0 Å². The second-order valence-electron chi connectivity index (χ2n) is 24.5. The summed E-state index contributed by atoms with van der Waals surface area (Å²) in [5.74, 6) is -0.184. The smallest absolute Gasteiger partial charge is 0.387 e. The summed E-state index contributed by atoms with van der Waals surface area (Å²) in [6, 6.07) is -0.867. The van der Waals surface area contributed by atoms with Gasteiger partial charge in [0.1, 0.15) is 13.2 Å². The van der Waals surface area contributed by atoms with E-state index in [4.69, 9.17) is 9.05 Å². The lowest BCUT2D eigenvalue weighted by atomic mass is 10.0. The van der Waals surface area contributed by atoms with Gasteiger partial charge in [0.25, 0.3) is 0 Å². The number of hydrogen-bond acceptors (Lipinski definition) is 5. The average molecular weight is 1170 g/mol. The normalized spacial score (nSPS) is 14.3. The zero-order valence-corrected chi connectivity index (χ0v) is 55.4. The predicted octanol–water partition coefficient (Wildman–Crippen LogP) is 22.1. The number of hydrogen-bond donors (Lipinski definition) is 3. The van der Waals surface area contributed by atoms with Crippen LogP contribution >= 0.6 is 7.82 Å². The molecule has 1 amide bonds. The molecule has 0 radical (unpaired) electrons. The SMILES string of the molecule is CC/C=C\C/C=C\C/C=C\C/C=C\C/C=C\C/C=C\CCCCCCCCCCCCCCCCCCCCCCC(=O)NC(COP(=O)(O)OCC[N+](C)(C)C)C(O)/C=C/CC/C=C/CCCCCCCCCCCCCCCCC. The lowest BCUT2D eigenvalue weighted by Gasteiger charge is -2.25. The van der Waals surface area contributed by atoms with Crippen LogP contribution in [-0.2, 0) is 18.4 Å². The van der Waals surface area contributed by atoms with Crippen LogP contribution in [0.15, 0.2) is 97.2 Å². The lowest BCUT2D eigenvalue weighted by Crippen LogP contribution is -2.45. The van der Waals surface area contributed by atoms with Crippen molar-refractivity contribution in [1.29, 1.82) is 0 Å². The summed E-state index contributed by atoms with van der Waals surface area (Å²) in [6.07, 6.45) is 91.3. The van der Waals surface area contributed by atoms with Crippen molar-refractivity contribution in [1.82, 2.24) is 5.32 Å². The molecule has 82 heavy (non-hydrogen) atoms. The third-order valence-corrected chi connectivity index (χ3v) is 16.3. The Balaban J connectivity index is 4.03. The lowest BCUT2D eigenvalue weighted by molar-refractivity contribution is -0.870. The Bertz CT molecular complexity index is 1660. The van der Waals surface area contributed by atoms with Crippen molar-refractivity contribution in [2.24, 2.45) is 0 Å². The Labute approximate surface area is 509 Å². The molecule has 3 N–H and O–H groups in total. The summed E-state index contributed by atoms with van der Waals surface area (Å²) in [5.41, 5.74) is 0. The predicted molar refractivity (Wildman–Crippen MR) is 359 cm³/mol. The van der Waals surface area contributed by atoms with Crippen molar-refractivity contribution in [2.75, 3.05) is 40.9 Å². The van der Waals surface area contributed by atoms with Crippen molar-refractivity contribution in [2.45, 2.75) is 321 Å². The topological polar surface area (TPSA) is 105 Å². The number of rotatable bonds is 63. The highest BCUT2D eigenvalue weighted by molar-refractivity contribution is 7.47. The summed E-state index contributed by atoms with van der Waals surface area (Å²) in [6.45, 7) is 4.71. The number of unbranched alkanes of at least 4 members (excludes halogenated alkanes) is 36. The first-order valence-corrected chi connectivity index (χ1v) is 36.1. The van der Waals surface area contributed by atoms with E-state index in [-0.39, 0.29) is 19.1 Å². The molecule has 0 heterocycles. The molecule has 0 aromatic carbocycles. The van der Waals surface area contributed by atoms with E-state index < -0.39 is 20.0 Å². The summed E-state index contributed by atoms with van der Waals surface area (Å²) >= 11 is 0. The second kappa shape index (κ2) is 62.9. The summed E-state index contributed by atoms with van der Waals surface area (Å²) < 4.78 is 23.8. The zero-order chi connectivity index (χ0) is 59.8. The molecule has 0 aliphatic rings. The molecule has 0 aromatic heterocycles. The summed E-state index contributed by atoms with van der Waals surface area (Å²) in [5, 5.41) is 14.0. The quantitative estimate of drug-likeness (QED) is 0.0243. The second-order valence-corrected chi connectivity index (χ2v) is 26.0. The maximum atomic E-state index is 13.0. The van der Waals surface area contributed by atoms with Crippen LogP contribution in [0.1, 0.15) is 309 Å².